The van der Waals surface area contributed by atoms with E-state index in [9.17, 15) is 4.79 Å². The summed E-state index contributed by atoms with van der Waals surface area (Å²) in [4.78, 5) is 12.7. The molecule has 31 heavy (non-hydrogen) atoms. The summed E-state index contributed by atoms with van der Waals surface area (Å²) in [6, 6.07) is 17.2. The first kappa shape index (κ1) is 20.4. The van der Waals surface area contributed by atoms with Gasteiger partial charge in [0.15, 0.2) is 0 Å². The van der Waals surface area contributed by atoms with Crippen molar-refractivity contribution in [1.29, 1.82) is 0 Å². The Morgan fingerprint density at radius 3 is 2.48 bits per heavy atom. The number of ether oxygens (including phenoxy) is 1. The van der Waals surface area contributed by atoms with Crippen molar-refractivity contribution in [1.82, 2.24) is 14.8 Å². The number of aromatic nitrogens is 3. The summed E-state index contributed by atoms with van der Waals surface area (Å²) in [6.45, 7) is 6.02. The molecule has 4 aromatic rings. The van der Waals surface area contributed by atoms with Crippen LogP contribution >= 0.6 is 0 Å². The Labute approximate surface area is 180 Å². The van der Waals surface area contributed by atoms with Crippen molar-refractivity contribution >= 4 is 11.6 Å². The number of carbonyl (C=O) groups is 1. The molecule has 7 nitrogen and oxygen atoms in total. The van der Waals surface area contributed by atoms with E-state index in [1.807, 2.05) is 79.9 Å². The smallest absolute Gasteiger partial charge is 0.249 e. The number of aryl methyl sites for hydroxylation is 2. The Bertz CT molecular complexity index is 1230. The third kappa shape index (κ3) is 4.21. The van der Waals surface area contributed by atoms with Crippen LogP contribution in [0.15, 0.2) is 59.0 Å². The van der Waals surface area contributed by atoms with Crippen molar-refractivity contribution < 1.29 is 13.9 Å². The maximum Gasteiger partial charge on any atom is 0.249 e. The van der Waals surface area contributed by atoms with E-state index in [2.05, 4.69) is 15.5 Å². The van der Waals surface area contributed by atoms with Crippen LogP contribution in [0.25, 0.3) is 22.9 Å². The van der Waals surface area contributed by atoms with Crippen molar-refractivity contribution in [2.75, 3.05) is 12.4 Å². The number of hydrogen-bond acceptors (Lipinski definition) is 5. The molecule has 0 saturated heterocycles. The third-order valence-electron chi connectivity index (χ3n) is 5.26. The number of anilines is 1. The average Bonchev–Trinajstić information content (AvgIpc) is 3.36. The quantitative estimate of drug-likeness (QED) is 0.489. The standard InChI is InChI=1S/C24H24N4O3/c1-15-12-19(30-4)10-11-21(15)25-22(29)14-28-16(2)13-20(17(28)3)24-27-26-23(31-24)18-8-6-5-7-9-18/h5-13H,14H2,1-4H3,(H,25,29). The number of hydrogen-bond donors (Lipinski definition) is 1. The predicted octanol–water partition coefficient (Wildman–Crippen LogP) is 4.78. The highest BCUT2D eigenvalue weighted by Crippen LogP contribution is 2.29. The summed E-state index contributed by atoms with van der Waals surface area (Å²) in [5.41, 5.74) is 5.22. The van der Waals surface area contributed by atoms with Gasteiger partial charge >= 0.3 is 0 Å². The van der Waals surface area contributed by atoms with E-state index < -0.39 is 0 Å². The van der Waals surface area contributed by atoms with Crippen molar-refractivity contribution in [3.05, 3.63) is 71.5 Å². The summed E-state index contributed by atoms with van der Waals surface area (Å²) < 4.78 is 13.1. The van der Waals surface area contributed by atoms with Crippen molar-refractivity contribution in [2.45, 2.75) is 27.3 Å². The van der Waals surface area contributed by atoms with E-state index >= 15 is 0 Å². The molecule has 0 aliphatic carbocycles. The Morgan fingerprint density at radius 1 is 1.03 bits per heavy atom. The fourth-order valence-electron chi connectivity index (χ4n) is 3.53. The summed E-state index contributed by atoms with van der Waals surface area (Å²) in [7, 11) is 1.62. The van der Waals surface area contributed by atoms with Gasteiger partial charge in [0.1, 0.15) is 12.3 Å². The van der Waals surface area contributed by atoms with Crippen LogP contribution in [0.4, 0.5) is 5.69 Å². The topological polar surface area (TPSA) is 82.2 Å². The van der Waals surface area contributed by atoms with Gasteiger partial charge in [0, 0.05) is 22.6 Å². The van der Waals surface area contributed by atoms with E-state index in [0.717, 1.165) is 39.5 Å². The molecular formula is C24H24N4O3. The summed E-state index contributed by atoms with van der Waals surface area (Å²) >= 11 is 0. The number of carbonyl (C=O) groups excluding carboxylic acids is 1. The molecular weight excluding hydrogens is 392 g/mol. The van der Waals surface area contributed by atoms with E-state index in [1.165, 1.54) is 0 Å². The Morgan fingerprint density at radius 2 is 1.77 bits per heavy atom. The molecule has 2 heterocycles. The molecule has 158 valence electrons. The largest absolute Gasteiger partial charge is 0.497 e. The number of nitrogens with one attached hydrogen (secondary N) is 1. The predicted molar refractivity (Wildman–Crippen MR) is 119 cm³/mol. The van der Waals surface area contributed by atoms with E-state index in [1.54, 1.807) is 7.11 Å². The number of methoxy groups -OCH3 is 1. The lowest BCUT2D eigenvalue weighted by molar-refractivity contribution is -0.116. The number of benzene rings is 2. The summed E-state index contributed by atoms with van der Waals surface area (Å²) in [5, 5.41) is 11.4. The second kappa shape index (κ2) is 8.47. The molecule has 0 spiro atoms. The lowest BCUT2D eigenvalue weighted by Gasteiger charge is -2.12. The maximum atomic E-state index is 12.7. The molecule has 2 aromatic heterocycles. The highest BCUT2D eigenvalue weighted by molar-refractivity contribution is 5.91. The summed E-state index contributed by atoms with van der Waals surface area (Å²) in [5.74, 6) is 1.54. The minimum absolute atomic E-state index is 0.114. The molecule has 4 rings (SSSR count). The van der Waals surface area contributed by atoms with Crippen LogP contribution in [0.1, 0.15) is 17.0 Å². The zero-order chi connectivity index (χ0) is 22.0. The van der Waals surface area contributed by atoms with Crippen molar-refractivity contribution in [3.8, 4) is 28.7 Å². The van der Waals surface area contributed by atoms with Gasteiger partial charge < -0.3 is 19.0 Å². The molecule has 0 fully saturated rings. The molecule has 0 bridgehead atoms. The normalized spacial score (nSPS) is 10.8. The first-order valence-corrected chi connectivity index (χ1v) is 9.97. The van der Waals surface area contributed by atoms with Gasteiger partial charge in [-0.25, -0.2) is 0 Å². The number of amides is 1. The first-order valence-electron chi connectivity index (χ1n) is 9.97. The van der Waals surface area contributed by atoms with Gasteiger partial charge in [0.25, 0.3) is 0 Å². The Kier molecular flexibility index (Phi) is 5.58. The van der Waals surface area contributed by atoms with Crippen LogP contribution in [0, 0.1) is 20.8 Å². The second-order valence-corrected chi connectivity index (χ2v) is 7.38. The highest BCUT2D eigenvalue weighted by atomic mass is 16.5. The molecule has 0 radical (unpaired) electrons. The second-order valence-electron chi connectivity index (χ2n) is 7.38. The van der Waals surface area contributed by atoms with Crippen molar-refractivity contribution in [3.63, 3.8) is 0 Å². The lowest BCUT2D eigenvalue weighted by Crippen LogP contribution is -2.20. The van der Waals surface area contributed by atoms with Crippen molar-refractivity contribution in [2.24, 2.45) is 0 Å². The molecule has 7 heteroatoms. The van der Waals surface area contributed by atoms with Crippen LogP contribution in [-0.2, 0) is 11.3 Å². The van der Waals surface area contributed by atoms with Gasteiger partial charge in [-0.2, -0.15) is 0 Å². The van der Waals surface area contributed by atoms with Crippen LogP contribution in [0.5, 0.6) is 5.75 Å². The highest BCUT2D eigenvalue weighted by Gasteiger charge is 2.18. The Balaban J connectivity index is 1.53. The fourth-order valence-corrected chi connectivity index (χ4v) is 3.53. The Hall–Kier alpha value is -3.87. The molecule has 0 aliphatic rings. The van der Waals surface area contributed by atoms with Gasteiger partial charge in [0.2, 0.25) is 17.7 Å². The van der Waals surface area contributed by atoms with Gasteiger partial charge in [-0.1, -0.05) is 18.2 Å². The number of nitrogens with zero attached hydrogens (tertiary/aromatic N) is 3. The molecule has 2 aromatic carbocycles. The zero-order valence-electron chi connectivity index (χ0n) is 18.0. The molecule has 0 atom stereocenters. The molecule has 0 aliphatic heterocycles. The SMILES string of the molecule is COc1ccc(NC(=O)Cn2c(C)cc(-c3nnc(-c4ccccc4)o3)c2C)c(C)c1. The molecule has 1 amide bonds. The maximum absolute atomic E-state index is 12.7. The first-order chi connectivity index (χ1) is 15.0. The lowest BCUT2D eigenvalue weighted by atomic mass is 10.2. The van der Waals surface area contributed by atoms with Gasteiger partial charge in [0.05, 0.1) is 12.7 Å². The molecule has 0 saturated carbocycles. The van der Waals surface area contributed by atoms with E-state index in [4.69, 9.17) is 9.15 Å². The monoisotopic (exact) mass is 416 g/mol. The fraction of sp³-hybridized carbons (Fsp3) is 0.208. The van der Waals surface area contributed by atoms with Gasteiger partial charge in [-0.3, -0.25) is 4.79 Å². The minimum atomic E-state index is -0.114. The minimum Gasteiger partial charge on any atom is -0.497 e. The van der Waals surface area contributed by atoms with E-state index in [0.29, 0.717) is 11.8 Å². The van der Waals surface area contributed by atoms with Crippen LogP contribution < -0.4 is 10.1 Å². The molecule has 0 unspecified atom stereocenters. The summed E-state index contributed by atoms with van der Waals surface area (Å²) in [6.07, 6.45) is 0. The van der Waals surface area contributed by atoms with Gasteiger partial charge in [-0.05, 0) is 62.7 Å². The van der Waals surface area contributed by atoms with Gasteiger partial charge in [-0.15, -0.1) is 10.2 Å². The molecule has 1 N–H and O–H groups in total. The van der Waals surface area contributed by atoms with Crippen LogP contribution in [0.2, 0.25) is 0 Å². The van der Waals surface area contributed by atoms with E-state index in [-0.39, 0.29) is 12.5 Å². The number of rotatable bonds is 6. The average molecular weight is 416 g/mol. The van der Waals surface area contributed by atoms with Crippen LogP contribution in [0.3, 0.4) is 0 Å². The van der Waals surface area contributed by atoms with Crippen LogP contribution in [-0.4, -0.2) is 27.8 Å². The third-order valence-corrected chi connectivity index (χ3v) is 5.26. The zero-order valence-corrected chi connectivity index (χ0v) is 18.0.